The summed E-state index contributed by atoms with van der Waals surface area (Å²) in [5.74, 6) is -0.0955. The van der Waals surface area contributed by atoms with Gasteiger partial charge in [0.25, 0.3) is 11.1 Å². The molecule has 0 unspecified atom stereocenters. The van der Waals surface area contributed by atoms with Crippen molar-refractivity contribution in [1.82, 2.24) is 4.90 Å². The summed E-state index contributed by atoms with van der Waals surface area (Å²) in [5, 5.41) is 2.22. The quantitative estimate of drug-likeness (QED) is 0.346. The molecule has 10 heteroatoms. The molecule has 0 atom stereocenters. The fourth-order valence-electron chi connectivity index (χ4n) is 4.14. The molecule has 9 nitrogen and oxygen atoms in total. The SMILES string of the molecule is CC(=O)c1ccc(-c2ccc(/C=C3/SC(=O)N(CC(=O)Nc4ccc(N5CCOCC5)cc4)C3=O)o2)cc1. The van der Waals surface area contributed by atoms with Gasteiger partial charge < -0.3 is 19.4 Å². The van der Waals surface area contributed by atoms with E-state index in [1.165, 1.54) is 13.0 Å². The topological polar surface area (TPSA) is 109 Å². The molecule has 3 amide bonds. The molecular formula is C28H25N3O6S. The maximum absolute atomic E-state index is 12.9. The second kappa shape index (κ2) is 11.1. The fraction of sp³-hybridized carbons (Fsp3) is 0.214. The standard InChI is InChI=1S/C28H25N3O6S/c1-18(32)19-2-4-20(5-3-19)24-11-10-23(37-24)16-25-27(34)31(28(35)38-25)17-26(33)29-21-6-8-22(9-7-21)30-12-14-36-15-13-30/h2-11,16H,12-15,17H2,1H3,(H,29,33)/b25-16+. The third kappa shape index (κ3) is 5.71. The molecule has 38 heavy (non-hydrogen) atoms. The molecule has 0 spiro atoms. The highest BCUT2D eigenvalue weighted by Crippen LogP contribution is 2.33. The van der Waals surface area contributed by atoms with Gasteiger partial charge in [0.15, 0.2) is 5.78 Å². The Morgan fingerprint density at radius 3 is 2.37 bits per heavy atom. The molecule has 2 fully saturated rings. The molecule has 194 valence electrons. The Kier molecular flexibility index (Phi) is 7.43. The molecule has 0 aliphatic carbocycles. The van der Waals surface area contributed by atoms with E-state index in [1.807, 2.05) is 12.1 Å². The molecule has 2 aliphatic heterocycles. The van der Waals surface area contributed by atoms with E-state index in [0.717, 1.165) is 41.0 Å². The zero-order valence-corrected chi connectivity index (χ0v) is 21.5. The molecule has 2 aromatic carbocycles. The van der Waals surface area contributed by atoms with Gasteiger partial charge in [-0.05, 0) is 55.1 Å². The smallest absolute Gasteiger partial charge is 0.294 e. The van der Waals surface area contributed by atoms with Gasteiger partial charge in [-0.1, -0.05) is 24.3 Å². The van der Waals surface area contributed by atoms with Gasteiger partial charge in [-0.3, -0.25) is 24.1 Å². The number of carbonyl (C=O) groups excluding carboxylic acids is 4. The number of Topliss-reactive ketones (excluding diaryl/α,β-unsaturated/α-hetero) is 1. The van der Waals surface area contributed by atoms with Crippen molar-refractivity contribution in [2.45, 2.75) is 6.92 Å². The molecule has 2 saturated heterocycles. The van der Waals surface area contributed by atoms with E-state index < -0.39 is 17.1 Å². The summed E-state index contributed by atoms with van der Waals surface area (Å²) in [6.45, 7) is 4.10. The van der Waals surface area contributed by atoms with Crippen LogP contribution in [0.3, 0.4) is 0 Å². The number of ether oxygens (including phenoxy) is 1. The van der Waals surface area contributed by atoms with Crippen LogP contribution in [0, 0.1) is 0 Å². The molecular weight excluding hydrogens is 506 g/mol. The number of morpholine rings is 1. The Hall–Kier alpha value is -4.15. The van der Waals surface area contributed by atoms with Gasteiger partial charge in [-0.25, -0.2) is 0 Å². The van der Waals surface area contributed by atoms with Crippen LogP contribution >= 0.6 is 11.8 Å². The summed E-state index contributed by atoms with van der Waals surface area (Å²) in [6.07, 6.45) is 1.49. The summed E-state index contributed by atoms with van der Waals surface area (Å²) in [5.41, 5.74) is 2.99. The summed E-state index contributed by atoms with van der Waals surface area (Å²) in [6, 6.07) is 17.8. The Morgan fingerprint density at radius 2 is 1.68 bits per heavy atom. The van der Waals surface area contributed by atoms with Gasteiger partial charge >= 0.3 is 0 Å². The van der Waals surface area contributed by atoms with Gasteiger partial charge in [0.2, 0.25) is 5.91 Å². The van der Waals surface area contributed by atoms with Crippen LogP contribution in [0.25, 0.3) is 17.4 Å². The van der Waals surface area contributed by atoms with E-state index in [4.69, 9.17) is 9.15 Å². The number of benzene rings is 2. The largest absolute Gasteiger partial charge is 0.457 e. The first kappa shape index (κ1) is 25.5. The van der Waals surface area contributed by atoms with Crippen LogP contribution in [0.4, 0.5) is 16.2 Å². The van der Waals surface area contributed by atoms with Crippen LogP contribution < -0.4 is 10.2 Å². The van der Waals surface area contributed by atoms with Crippen LogP contribution in [-0.2, 0) is 14.3 Å². The normalized spacial score (nSPS) is 16.8. The predicted molar refractivity (Wildman–Crippen MR) is 145 cm³/mol. The zero-order valence-electron chi connectivity index (χ0n) is 20.6. The van der Waals surface area contributed by atoms with Crippen LogP contribution in [0.1, 0.15) is 23.0 Å². The average Bonchev–Trinajstić information content (AvgIpc) is 3.50. The number of nitrogens with one attached hydrogen (secondary N) is 1. The van der Waals surface area contributed by atoms with Crippen LogP contribution in [0.2, 0.25) is 0 Å². The number of imide groups is 1. The second-order valence-corrected chi connectivity index (χ2v) is 9.79. The van der Waals surface area contributed by atoms with Gasteiger partial charge in [-0.15, -0.1) is 0 Å². The molecule has 3 aromatic rings. The number of rotatable bonds is 7. The first-order valence-corrected chi connectivity index (χ1v) is 12.9. The van der Waals surface area contributed by atoms with E-state index in [0.29, 0.717) is 36.0 Å². The summed E-state index contributed by atoms with van der Waals surface area (Å²) >= 11 is 0.758. The maximum atomic E-state index is 12.9. The molecule has 0 radical (unpaired) electrons. The number of anilines is 2. The van der Waals surface area contributed by atoms with Gasteiger partial charge in [0.05, 0.1) is 18.1 Å². The number of hydrogen-bond acceptors (Lipinski definition) is 8. The average molecular weight is 532 g/mol. The number of ketones is 1. The third-order valence-electron chi connectivity index (χ3n) is 6.18. The lowest BCUT2D eigenvalue weighted by atomic mass is 10.1. The monoisotopic (exact) mass is 531 g/mol. The maximum Gasteiger partial charge on any atom is 0.294 e. The van der Waals surface area contributed by atoms with E-state index >= 15 is 0 Å². The molecule has 2 aliphatic rings. The summed E-state index contributed by atoms with van der Waals surface area (Å²) in [4.78, 5) is 52.7. The number of thioether (sulfide) groups is 1. The van der Waals surface area contributed by atoms with Crippen LogP contribution in [0.15, 0.2) is 70.0 Å². The van der Waals surface area contributed by atoms with Crippen molar-refractivity contribution in [2.24, 2.45) is 0 Å². The lowest BCUT2D eigenvalue weighted by molar-refractivity contribution is -0.127. The van der Waals surface area contributed by atoms with Gasteiger partial charge in [0.1, 0.15) is 18.1 Å². The Bertz CT molecular complexity index is 1410. The Balaban J connectivity index is 1.20. The number of carbonyl (C=O) groups is 4. The lowest BCUT2D eigenvalue weighted by Gasteiger charge is -2.28. The highest BCUT2D eigenvalue weighted by Gasteiger charge is 2.36. The Morgan fingerprint density at radius 1 is 0.974 bits per heavy atom. The first-order chi connectivity index (χ1) is 18.4. The minimum Gasteiger partial charge on any atom is -0.457 e. The highest BCUT2D eigenvalue weighted by molar-refractivity contribution is 8.18. The molecule has 5 rings (SSSR count). The number of amides is 3. The molecule has 0 bridgehead atoms. The highest BCUT2D eigenvalue weighted by atomic mass is 32.2. The number of hydrogen-bond donors (Lipinski definition) is 1. The van der Waals surface area contributed by atoms with Crippen molar-refractivity contribution in [1.29, 1.82) is 0 Å². The van der Waals surface area contributed by atoms with E-state index in [9.17, 15) is 19.2 Å². The minimum absolute atomic E-state index is 0.0252. The third-order valence-corrected chi connectivity index (χ3v) is 7.09. The fourth-order valence-corrected chi connectivity index (χ4v) is 4.96. The van der Waals surface area contributed by atoms with E-state index in [2.05, 4.69) is 10.2 Å². The van der Waals surface area contributed by atoms with Crippen molar-refractivity contribution >= 4 is 52.0 Å². The van der Waals surface area contributed by atoms with E-state index in [-0.39, 0.29) is 17.2 Å². The van der Waals surface area contributed by atoms with Crippen molar-refractivity contribution < 1.29 is 28.3 Å². The van der Waals surface area contributed by atoms with Crippen molar-refractivity contribution in [3.63, 3.8) is 0 Å². The lowest BCUT2D eigenvalue weighted by Crippen LogP contribution is -2.36. The molecule has 1 aromatic heterocycles. The van der Waals surface area contributed by atoms with Crippen molar-refractivity contribution in [2.75, 3.05) is 43.1 Å². The van der Waals surface area contributed by atoms with Gasteiger partial charge in [0, 0.05) is 41.7 Å². The summed E-state index contributed by atoms with van der Waals surface area (Å²) in [7, 11) is 0. The molecule has 3 heterocycles. The number of furan rings is 1. The zero-order chi connectivity index (χ0) is 26.6. The minimum atomic E-state index is -0.554. The predicted octanol–water partition coefficient (Wildman–Crippen LogP) is 4.66. The number of nitrogens with zero attached hydrogens (tertiary/aromatic N) is 2. The summed E-state index contributed by atoms with van der Waals surface area (Å²) < 4.78 is 11.2. The van der Waals surface area contributed by atoms with Crippen LogP contribution in [-0.4, -0.2) is 60.6 Å². The van der Waals surface area contributed by atoms with E-state index in [1.54, 1.807) is 48.5 Å². The second-order valence-electron chi connectivity index (χ2n) is 8.80. The Labute approximate surface area is 223 Å². The van der Waals surface area contributed by atoms with Crippen molar-refractivity contribution in [3.05, 3.63) is 76.9 Å². The van der Waals surface area contributed by atoms with Crippen molar-refractivity contribution in [3.8, 4) is 11.3 Å². The molecule has 1 N–H and O–H groups in total. The molecule has 0 saturated carbocycles. The first-order valence-electron chi connectivity index (χ1n) is 12.1. The van der Waals surface area contributed by atoms with Crippen LogP contribution in [0.5, 0.6) is 0 Å². The van der Waals surface area contributed by atoms with Gasteiger partial charge in [-0.2, -0.15) is 0 Å².